The largest absolute Gasteiger partial charge is 0.303 e. The lowest BCUT2D eigenvalue weighted by Gasteiger charge is -2.34. The summed E-state index contributed by atoms with van der Waals surface area (Å²) >= 11 is 0. The van der Waals surface area contributed by atoms with Crippen molar-refractivity contribution in [1.82, 2.24) is 4.90 Å². The molecular formula is C19H36N2. The lowest BCUT2D eigenvalue weighted by Crippen LogP contribution is -2.38. The van der Waals surface area contributed by atoms with E-state index in [1.165, 1.54) is 70.8 Å². The van der Waals surface area contributed by atoms with E-state index in [0.717, 1.165) is 25.9 Å². The third-order valence-electron chi connectivity index (χ3n) is 5.06. The smallest absolute Gasteiger partial charge is 0.0687 e. The zero-order valence-corrected chi connectivity index (χ0v) is 14.5. The highest BCUT2D eigenvalue weighted by Crippen LogP contribution is 2.29. The number of hydrogen-bond acceptors (Lipinski definition) is 2. The predicted octanol–water partition coefficient (Wildman–Crippen LogP) is 5.53. The molecule has 0 amide bonds. The van der Waals surface area contributed by atoms with Crippen LogP contribution in [0.1, 0.15) is 90.9 Å². The number of nitriles is 1. The number of nitrogens with zero attached hydrogens (tertiary/aromatic N) is 2. The van der Waals surface area contributed by atoms with Gasteiger partial charge in [-0.2, -0.15) is 5.26 Å². The van der Waals surface area contributed by atoms with E-state index in [1.54, 1.807) is 0 Å². The number of unbranched alkanes of at least 4 members (excludes halogenated alkanes) is 9. The number of hydrogen-bond donors (Lipinski definition) is 0. The van der Waals surface area contributed by atoms with Crippen molar-refractivity contribution in [3.8, 4) is 6.07 Å². The fourth-order valence-electron chi connectivity index (χ4n) is 3.20. The van der Waals surface area contributed by atoms with E-state index in [-0.39, 0.29) is 5.41 Å². The van der Waals surface area contributed by atoms with Gasteiger partial charge in [0.25, 0.3) is 0 Å². The third-order valence-corrected chi connectivity index (χ3v) is 5.06. The Morgan fingerprint density at radius 2 is 1.33 bits per heavy atom. The average Bonchev–Trinajstić information content (AvgIpc) is 2.51. The summed E-state index contributed by atoms with van der Waals surface area (Å²) in [4.78, 5) is 2.56. The van der Waals surface area contributed by atoms with Crippen molar-refractivity contribution in [3.05, 3.63) is 0 Å². The minimum Gasteiger partial charge on any atom is -0.303 e. The quantitative estimate of drug-likeness (QED) is 0.468. The molecule has 2 nitrogen and oxygen atoms in total. The molecule has 1 saturated heterocycles. The van der Waals surface area contributed by atoms with Crippen LogP contribution in [0.4, 0.5) is 0 Å². The second kappa shape index (κ2) is 11.1. The van der Waals surface area contributed by atoms with E-state index >= 15 is 0 Å². The van der Waals surface area contributed by atoms with Crippen LogP contribution in [0, 0.1) is 16.7 Å². The lowest BCUT2D eigenvalue weighted by molar-refractivity contribution is 0.154. The van der Waals surface area contributed by atoms with E-state index in [4.69, 9.17) is 5.26 Å². The monoisotopic (exact) mass is 292 g/mol. The van der Waals surface area contributed by atoms with Crippen LogP contribution >= 0.6 is 0 Å². The van der Waals surface area contributed by atoms with Gasteiger partial charge in [0, 0.05) is 0 Å². The van der Waals surface area contributed by atoms with Crippen molar-refractivity contribution >= 4 is 0 Å². The van der Waals surface area contributed by atoms with Crippen molar-refractivity contribution in [2.45, 2.75) is 90.9 Å². The van der Waals surface area contributed by atoms with Gasteiger partial charge in [-0.3, -0.25) is 0 Å². The van der Waals surface area contributed by atoms with Crippen molar-refractivity contribution in [1.29, 1.82) is 5.26 Å². The fourth-order valence-corrected chi connectivity index (χ4v) is 3.20. The summed E-state index contributed by atoms with van der Waals surface area (Å²) in [5, 5.41) is 9.13. The Morgan fingerprint density at radius 1 is 0.857 bits per heavy atom. The van der Waals surface area contributed by atoms with Crippen LogP contribution in [0.15, 0.2) is 0 Å². The van der Waals surface area contributed by atoms with Crippen LogP contribution in [0.25, 0.3) is 0 Å². The van der Waals surface area contributed by atoms with Gasteiger partial charge < -0.3 is 4.90 Å². The van der Waals surface area contributed by atoms with Crippen LogP contribution in [0.3, 0.4) is 0 Å². The lowest BCUT2D eigenvalue weighted by atomic mass is 9.82. The molecule has 0 spiro atoms. The molecule has 0 atom stereocenters. The first-order chi connectivity index (χ1) is 10.2. The normalized spacial score (nSPS) is 18.5. The van der Waals surface area contributed by atoms with E-state index in [1.807, 2.05) is 0 Å². The summed E-state index contributed by atoms with van der Waals surface area (Å²) in [7, 11) is 0. The predicted molar refractivity (Wildman–Crippen MR) is 91.2 cm³/mol. The minimum atomic E-state index is -0.0473. The molecule has 0 aromatic heterocycles. The Bertz CT molecular complexity index is 284. The summed E-state index contributed by atoms with van der Waals surface area (Å²) in [6, 6.07) is 2.48. The van der Waals surface area contributed by atoms with E-state index in [9.17, 15) is 0 Å². The summed E-state index contributed by atoms with van der Waals surface area (Å²) in [5.74, 6) is 0. The summed E-state index contributed by atoms with van der Waals surface area (Å²) in [6.45, 7) is 7.90. The zero-order chi connectivity index (χ0) is 15.4. The van der Waals surface area contributed by atoms with Crippen molar-refractivity contribution in [2.75, 3.05) is 19.6 Å². The molecule has 0 saturated carbocycles. The molecule has 1 fully saturated rings. The topological polar surface area (TPSA) is 27.0 Å². The highest BCUT2D eigenvalue weighted by Gasteiger charge is 2.29. The first-order valence-corrected chi connectivity index (χ1v) is 9.34. The molecule has 0 aliphatic carbocycles. The van der Waals surface area contributed by atoms with Crippen molar-refractivity contribution in [3.63, 3.8) is 0 Å². The third kappa shape index (κ3) is 8.47. The van der Waals surface area contributed by atoms with E-state index in [0.29, 0.717) is 0 Å². The van der Waals surface area contributed by atoms with Crippen LogP contribution in [-0.4, -0.2) is 24.5 Å². The summed E-state index contributed by atoms with van der Waals surface area (Å²) < 4.78 is 0. The van der Waals surface area contributed by atoms with Gasteiger partial charge in [-0.1, -0.05) is 64.7 Å². The number of likely N-dealkylation sites (tertiary alicyclic amines) is 1. The van der Waals surface area contributed by atoms with Gasteiger partial charge in [0.1, 0.15) is 0 Å². The SMILES string of the molecule is CCCCCCCCCCCCN1CCC(C)(C#N)CC1. The second-order valence-electron chi connectivity index (χ2n) is 7.20. The molecule has 0 N–H and O–H groups in total. The Labute approximate surface area is 132 Å². The second-order valence-corrected chi connectivity index (χ2v) is 7.20. The molecule has 21 heavy (non-hydrogen) atoms. The highest BCUT2D eigenvalue weighted by molar-refractivity contribution is 4.98. The summed E-state index contributed by atoms with van der Waals surface area (Å²) in [5.41, 5.74) is -0.0473. The zero-order valence-electron chi connectivity index (χ0n) is 14.5. The van der Waals surface area contributed by atoms with Gasteiger partial charge in [-0.15, -0.1) is 0 Å². The van der Waals surface area contributed by atoms with E-state index in [2.05, 4.69) is 24.8 Å². The van der Waals surface area contributed by atoms with Crippen molar-refractivity contribution in [2.24, 2.45) is 5.41 Å². The Kier molecular flexibility index (Phi) is 9.76. The minimum absolute atomic E-state index is 0.0473. The average molecular weight is 293 g/mol. The van der Waals surface area contributed by atoms with Crippen LogP contribution in [0.2, 0.25) is 0 Å². The number of rotatable bonds is 11. The molecule has 1 rings (SSSR count). The van der Waals surface area contributed by atoms with Gasteiger partial charge in [0.05, 0.1) is 11.5 Å². The Morgan fingerprint density at radius 3 is 1.81 bits per heavy atom. The molecule has 0 bridgehead atoms. The van der Waals surface area contributed by atoms with Crippen LogP contribution in [-0.2, 0) is 0 Å². The Balaban J connectivity index is 1.86. The Hall–Kier alpha value is -0.550. The van der Waals surface area contributed by atoms with Crippen molar-refractivity contribution < 1.29 is 0 Å². The first-order valence-electron chi connectivity index (χ1n) is 9.34. The van der Waals surface area contributed by atoms with Gasteiger partial charge in [0.2, 0.25) is 0 Å². The first kappa shape index (κ1) is 18.5. The fraction of sp³-hybridized carbons (Fsp3) is 0.947. The van der Waals surface area contributed by atoms with Crippen LogP contribution in [0.5, 0.6) is 0 Å². The molecular weight excluding hydrogens is 256 g/mol. The van der Waals surface area contributed by atoms with Gasteiger partial charge in [0.15, 0.2) is 0 Å². The van der Waals surface area contributed by atoms with Gasteiger partial charge in [-0.25, -0.2) is 0 Å². The maximum absolute atomic E-state index is 9.13. The van der Waals surface area contributed by atoms with Crippen LogP contribution < -0.4 is 0 Å². The highest BCUT2D eigenvalue weighted by atomic mass is 15.1. The summed E-state index contributed by atoms with van der Waals surface area (Å²) in [6.07, 6.45) is 16.2. The molecule has 1 heterocycles. The standard InChI is InChI=1S/C19H36N2/c1-3-4-5-6-7-8-9-10-11-12-15-21-16-13-19(2,18-20)14-17-21/h3-17H2,1-2H3. The maximum atomic E-state index is 9.13. The molecule has 2 heteroatoms. The molecule has 0 aromatic rings. The molecule has 1 aliphatic heterocycles. The van der Waals surface area contributed by atoms with Gasteiger partial charge >= 0.3 is 0 Å². The molecule has 1 aliphatic rings. The molecule has 0 aromatic carbocycles. The molecule has 122 valence electrons. The van der Waals surface area contributed by atoms with Gasteiger partial charge in [-0.05, 0) is 45.8 Å². The molecule has 0 unspecified atom stereocenters. The molecule has 0 radical (unpaired) electrons. The number of piperidine rings is 1. The maximum Gasteiger partial charge on any atom is 0.0687 e. The van der Waals surface area contributed by atoms with E-state index < -0.39 is 0 Å².